The van der Waals surface area contributed by atoms with Crippen LogP contribution in [-0.4, -0.2) is 57.6 Å². The van der Waals surface area contributed by atoms with Gasteiger partial charge in [-0.1, -0.05) is 12.1 Å². The highest BCUT2D eigenvalue weighted by atomic mass is 32.1. The SMILES string of the molecule is Cc1nn(Cc2ccc(F)cc2)c2sc(C(=O)N3CCN(C(=O)c4ccco4)CC3)cc12. The van der Waals surface area contributed by atoms with Gasteiger partial charge in [-0.25, -0.2) is 4.39 Å². The molecule has 1 fully saturated rings. The van der Waals surface area contributed by atoms with Crippen LogP contribution in [0.1, 0.15) is 31.5 Å². The predicted molar refractivity (Wildman–Crippen MR) is 118 cm³/mol. The molecule has 0 radical (unpaired) electrons. The fourth-order valence-electron chi connectivity index (χ4n) is 3.91. The summed E-state index contributed by atoms with van der Waals surface area (Å²) in [4.78, 5) is 30.6. The van der Waals surface area contributed by atoms with E-state index in [9.17, 15) is 14.0 Å². The lowest BCUT2D eigenvalue weighted by atomic mass is 10.2. The number of aryl methyl sites for hydroxylation is 1. The first-order chi connectivity index (χ1) is 15.5. The van der Waals surface area contributed by atoms with Gasteiger partial charge in [0.2, 0.25) is 0 Å². The molecule has 0 aliphatic carbocycles. The van der Waals surface area contributed by atoms with Crippen molar-refractivity contribution >= 4 is 33.4 Å². The molecule has 0 unspecified atom stereocenters. The molecule has 5 rings (SSSR count). The van der Waals surface area contributed by atoms with E-state index >= 15 is 0 Å². The second-order valence-electron chi connectivity index (χ2n) is 7.76. The normalized spacial score (nSPS) is 14.3. The number of benzene rings is 1. The lowest BCUT2D eigenvalue weighted by molar-refractivity contribution is 0.0520. The van der Waals surface area contributed by atoms with Crippen molar-refractivity contribution in [3.05, 3.63) is 76.4 Å². The van der Waals surface area contributed by atoms with Crippen LogP contribution in [0.3, 0.4) is 0 Å². The third kappa shape index (κ3) is 3.80. The number of piperazine rings is 1. The number of fused-ring (bicyclic) bond motifs is 1. The number of thiophene rings is 1. The molecule has 0 atom stereocenters. The minimum atomic E-state index is -0.273. The first-order valence-electron chi connectivity index (χ1n) is 10.3. The Balaban J connectivity index is 1.30. The number of halogens is 1. The molecule has 0 spiro atoms. The number of nitrogens with zero attached hydrogens (tertiary/aromatic N) is 4. The zero-order valence-corrected chi connectivity index (χ0v) is 18.3. The van der Waals surface area contributed by atoms with E-state index in [2.05, 4.69) is 5.10 Å². The smallest absolute Gasteiger partial charge is 0.289 e. The van der Waals surface area contributed by atoms with Crippen LogP contribution in [0.2, 0.25) is 0 Å². The number of carbonyl (C=O) groups excluding carboxylic acids is 2. The van der Waals surface area contributed by atoms with Crippen molar-refractivity contribution in [1.29, 1.82) is 0 Å². The Kier molecular flexibility index (Phi) is 5.26. The summed E-state index contributed by atoms with van der Waals surface area (Å²) in [5.74, 6) is -0.148. The lowest BCUT2D eigenvalue weighted by Crippen LogP contribution is -2.50. The number of aromatic nitrogens is 2. The van der Waals surface area contributed by atoms with Crippen molar-refractivity contribution in [2.24, 2.45) is 0 Å². The topological polar surface area (TPSA) is 71.6 Å². The molecule has 1 aliphatic heterocycles. The van der Waals surface area contributed by atoms with Crippen molar-refractivity contribution in [2.45, 2.75) is 13.5 Å². The van der Waals surface area contributed by atoms with Crippen LogP contribution >= 0.6 is 11.3 Å². The van der Waals surface area contributed by atoms with Crippen LogP contribution in [0.25, 0.3) is 10.2 Å². The van der Waals surface area contributed by atoms with Crippen molar-refractivity contribution in [2.75, 3.05) is 26.2 Å². The Bertz CT molecular complexity index is 1270. The van der Waals surface area contributed by atoms with Gasteiger partial charge in [-0.2, -0.15) is 5.10 Å². The van der Waals surface area contributed by atoms with E-state index in [1.54, 1.807) is 34.1 Å². The van der Waals surface area contributed by atoms with Gasteiger partial charge >= 0.3 is 0 Å². The van der Waals surface area contributed by atoms with E-state index in [1.807, 2.05) is 17.7 Å². The average Bonchev–Trinajstić information content (AvgIpc) is 3.54. The predicted octanol–water partition coefficient (Wildman–Crippen LogP) is 3.78. The van der Waals surface area contributed by atoms with Gasteiger partial charge in [0.25, 0.3) is 11.8 Å². The lowest BCUT2D eigenvalue weighted by Gasteiger charge is -2.34. The summed E-state index contributed by atoms with van der Waals surface area (Å²) in [7, 11) is 0. The van der Waals surface area contributed by atoms with Gasteiger partial charge in [-0.15, -0.1) is 11.3 Å². The monoisotopic (exact) mass is 452 g/mol. The molecule has 4 heterocycles. The van der Waals surface area contributed by atoms with Crippen LogP contribution < -0.4 is 0 Å². The first kappa shape index (κ1) is 20.4. The largest absolute Gasteiger partial charge is 0.459 e. The maximum Gasteiger partial charge on any atom is 0.289 e. The molecule has 9 heteroatoms. The van der Waals surface area contributed by atoms with E-state index in [0.717, 1.165) is 21.5 Å². The fourth-order valence-corrected chi connectivity index (χ4v) is 5.04. The fraction of sp³-hybridized carbons (Fsp3) is 0.261. The first-order valence-corrected chi connectivity index (χ1v) is 11.1. The Labute approximate surface area is 187 Å². The Morgan fingerprint density at radius 3 is 2.41 bits per heavy atom. The van der Waals surface area contributed by atoms with Crippen molar-refractivity contribution in [1.82, 2.24) is 19.6 Å². The standard InChI is InChI=1S/C23H21FN4O3S/c1-15-18-13-20(32-23(18)28(25-15)14-16-4-6-17(24)7-5-16)22(30)27-10-8-26(9-11-27)21(29)19-3-2-12-31-19/h2-7,12-13H,8-11,14H2,1H3. The van der Waals surface area contributed by atoms with Crippen LogP contribution in [0.15, 0.2) is 53.1 Å². The van der Waals surface area contributed by atoms with E-state index in [0.29, 0.717) is 43.4 Å². The molecule has 1 aromatic carbocycles. The molecule has 2 amide bonds. The quantitative estimate of drug-likeness (QED) is 0.472. The molecule has 7 nitrogen and oxygen atoms in total. The minimum absolute atomic E-state index is 0.0379. The molecule has 164 valence electrons. The highest BCUT2D eigenvalue weighted by Gasteiger charge is 2.28. The van der Waals surface area contributed by atoms with E-state index < -0.39 is 0 Å². The summed E-state index contributed by atoms with van der Waals surface area (Å²) >= 11 is 1.41. The van der Waals surface area contributed by atoms with Crippen LogP contribution in [0, 0.1) is 12.7 Å². The molecule has 32 heavy (non-hydrogen) atoms. The van der Waals surface area contributed by atoms with Crippen molar-refractivity contribution in [3.63, 3.8) is 0 Å². The van der Waals surface area contributed by atoms with Gasteiger partial charge in [0.15, 0.2) is 5.76 Å². The van der Waals surface area contributed by atoms with Crippen molar-refractivity contribution in [3.8, 4) is 0 Å². The molecule has 1 aliphatic rings. The number of carbonyl (C=O) groups is 2. The second kappa shape index (κ2) is 8.23. The zero-order chi connectivity index (χ0) is 22.2. The summed E-state index contributed by atoms with van der Waals surface area (Å²) in [6.07, 6.45) is 1.48. The third-order valence-electron chi connectivity index (χ3n) is 5.65. The third-order valence-corrected chi connectivity index (χ3v) is 6.79. The summed E-state index contributed by atoms with van der Waals surface area (Å²) in [6.45, 7) is 4.30. The molecule has 4 aromatic rings. The summed E-state index contributed by atoms with van der Waals surface area (Å²) in [5, 5.41) is 5.54. The Morgan fingerprint density at radius 2 is 1.75 bits per heavy atom. The van der Waals surface area contributed by atoms with E-state index in [1.165, 1.54) is 29.7 Å². The highest BCUT2D eigenvalue weighted by molar-refractivity contribution is 7.20. The number of rotatable bonds is 4. The number of hydrogen-bond donors (Lipinski definition) is 0. The molecular weight excluding hydrogens is 431 g/mol. The average molecular weight is 453 g/mol. The van der Waals surface area contributed by atoms with Crippen LogP contribution in [0.4, 0.5) is 4.39 Å². The summed E-state index contributed by atoms with van der Waals surface area (Å²) < 4.78 is 20.3. The minimum Gasteiger partial charge on any atom is -0.459 e. The van der Waals surface area contributed by atoms with Gasteiger partial charge in [-0.05, 0) is 42.8 Å². The van der Waals surface area contributed by atoms with Crippen LogP contribution in [0.5, 0.6) is 0 Å². The Hall–Kier alpha value is -3.46. The zero-order valence-electron chi connectivity index (χ0n) is 17.5. The number of hydrogen-bond acceptors (Lipinski definition) is 5. The van der Waals surface area contributed by atoms with Crippen molar-refractivity contribution < 1.29 is 18.4 Å². The molecule has 0 bridgehead atoms. The van der Waals surface area contributed by atoms with E-state index in [-0.39, 0.29) is 17.6 Å². The summed E-state index contributed by atoms with van der Waals surface area (Å²) in [5.41, 5.74) is 1.79. The maximum absolute atomic E-state index is 13.2. The molecule has 3 aromatic heterocycles. The highest BCUT2D eigenvalue weighted by Crippen LogP contribution is 2.30. The van der Waals surface area contributed by atoms with Gasteiger partial charge in [0.1, 0.15) is 10.6 Å². The molecule has 1 saturated heterocycles. The Morgan fingerprint density at radius 1 is 1.06 bits per heavy atom. The molecule has 0 saturated carbocycles. The van der Waals surface area contributed by atoms with Gasteiger partial charge in [-0.3, -0.25) is 14.3 Å². The second-order valence-corrected chi connectivity index (χ2v) is 8.79. The van der Waals surface area contributed by atoms with E-state index in [4.69, 9.17) is 4.42 Å². The number of amides is 2. The number of furan rings is 1. The maximum atomic E-state index is 13.2. The molecular formula is C23H21FN4O3S. The van der Waals surface area contributed by atoms with Crippen LogP contribution in [-0.2, 0) is 6.54 Å². The van der Waals surface area contributed by atoms with Gasteiger partial charge in [0.05, 0.1) is 23.4 Å². The van der Waals surface area contributed by atoms with Gasteiger partial charge in [0, 0.05) is 31.6 Å². The summed E-state index contributed by atoms with van der Waals surface area (Å²) in [6, 6.07) is 11.6. The van der Waals surface area contributed by atoms with Gasteiger partial charge < -0.3 is 14.2 Å². The molecule has 0 N–H and O–H groups in total.